The van der Waals surface area contributed by atoms with Crippen molar-refractivity contribution in [1.29, 1.82) is 0 Å². The molecule has 0 aliphatic heterocycles. The average molecular weight is 325 g/mol. The predicted molar refractivity (Wildman–Crippen MR) is 80.1 cm³/mol. The maximum absolute atomic E-state index is 13.7. The largest absolute Gasteiger partial charge is 0.324 e. The van der Waals surface area contributed by atoms with Crippen LogP contribution in [0.2, 0.25) is 5.02 Å². The SMILES string of the molecule is CC(=O)Nc1cc(NC(=O)c2ccc(Cl)cc2F)ccc1F. The van der Waals surface area contributed by atoms with Gasteiger partial charge in [0.2, 0.25) is 5.91 Å². The van der Waals surface area contributed by atoms with Gasteiger partial charge in [-0.15, -0.1) is 0 Å². The standard InChI is InChI=1S/C15H11ClF2N2O2/c1-8(21)19-14-7-10(3-5-12(14)17)20-15(22)11-4-2-9(16)6-13(11)18/h2-7H,1H3,(H,19,21)(H,20,22). The highest BCUT2D eigenvalue weighted by atomic mass is 35.5. The Labute approximate surface area is 130 Å². The number of hydrogen-bond donors (Lipinski definition) is 2. The zero-order valence-electron chi connectivity index (χ0n) is 11.4. The highest BCUT2D eigenvalue weighted by Crippen LogP contribution is 2.21. The van der Waals surface area contributed by atoms with Crippen LogP contribution in [0.25, 0.3) is 0 Å². The van der Waals surface area contributed by atoms with Crippen LogP contribution in [-0.2, 0) is 4.79 Å². The van der Waals surface area contributed by atoms with Gasteiger partial charge in [-0.2, -0.15) is 0 Å². The van der Waals surface area contributed by atoms with E-state index in [1.54, 1.807) is 0 Å². The Morgan fingerprint density at radius 1 is 1.00 bits per heavy atom. The van der Waals surface area contributed by atoms with Gasteiger partial charge in [-0.25, -0.2) is 8.78 Å². The van der Waals surface area contributed by atoms with Gasteiger partial charge in [0, 0.05) is 17.6 Å². The van der Waals surface area contributed by atoms with Crippen LogP contribution in [0.4, 0.5) is 20.2 Å². The van der Waals surface area contributed by atoms with Crippen LogP contribution >= 0.6 is 11.6 Å². The molecule has 0 saturated heterocycles. The summed E-state index contributed by atoms with van der Waals surface area (Å²) in [7, 11) is 0. The van der Waals surface area contributed by atoms with Crippen molar-refractivity contribution in [3.8, 4) is 0 Å². The summed E-state index contributed by atoms with van der Waals surface area (Å²) in [5.41, 5.74) is -0.0684. The molecule has 2 aromatic rings. The summed E-state index contributed by atoms with van der Waals surface area (Å²) in [6.07, 6.45) is 0. The molecule has 0 saturated carbocycles. The first kappa shape index (κ1) is 15.9. The monoisotopic (exact) mass is 324 g/mol. The molecular formula is C15H11ClF2N2O2. The molecule has 0 heterocycles. The van der Waals surface area contributed by atoms with E-state index in [-0.39, 0.29) is 22.0 Å². The third kappa shape index (κ3) is 3.79. The van der Waals surface area contributed by atoms with E-state index in [0.29, 0.717) is 0 Å². The topological polar surface area (TPSA) is 58.2 Å². The molecule has 2 aromatic carbocycles. The summed E-state index contributed by atoms with van der Waals surface area (Å²) in [5.74, 6) is -2.58. The number of carbonyl (C=O) groups excluding carboxylic acids is 2. The number of carbonyl (C=O) groups is 2. The Kier molecular flexibility index (Phi) is 4.72. The average Bonchev–Trinajstić information content (AvgIpc) is 2.41. The minimum absolute atomic E-state index is 0.0816. The zero-order valence-corrected chi connectivity index (χ0v) is 12.2. The van der Waals surface area contributed by atoms with Crippen LogP contribution < -0.4 is 10.6 Å². The first-order valence-corrected chi connectivity index (χ1v) is 6.58. The molecule has 0 radical (unpaired) electrons. The van der Waals surface area contributed by atoms with Crippen molar-refractivity contribution in [1.82, 2.24) is 0 Å². The molecule has 4 nitrogen and oxygen atoms in total. The maximum atomic E-state index is 13.7. The second-order valence-electron chi connectivity index (χ2n) is 4.45. The lowest BCUT2D eigenvalue weighted by Crippen LogP contribution is -2.14. The first-order valence-electron chi connectivity index (χ1n) is 6.20. The van der Waals surface area contributed by atoms with Gasteiger partial charge < -0.3 is 10.6 Å². The minimum atomic E-state index is -0.769. The van der Waals surface area contributed by atoms with E-state index in [1.807, 2.05) is 0 Å². The molecule has 2 N–H and O–H groups in total. The van der Waals surface area contributed by atoms with Gasteiger partial charge in [0.05, 0.1) is 11.3 Å². The fourth-order valence-electron chi connectivity index (χ4n) is 1.76. The Morgan fingerprint density at radius 2 is 1.73 bits per heavy atom. The molecular weight excluding hydrogens is 314 g/mol. The Bertz CT molecular complexity index is 750. The molecule has 0 unspecified atom stereocenters. The molecule has 22 heavy (non-hydrogen) atoms. The number of amides is 2. The van der Waals surface area contributed by atoms with Crippen molar-refractivity contribution in [3.63, 3.8) is 0 Å². The fourth-order valence-corrected chi connectivity index (χ4v) is 1.92. The number of hydrogen-bond acceptors (Lipinski definition) is 2. The molecule has 0 spiro atoms. The number of nitrogens with one attached hydrogen (secondary N) is 2. The third-order valence-corrected chi connectivity index (χ3v) is 2.95. The zero-order chi connectivity index (χ0) is 16.3. The molecule has 0 fully saturated rings. The van der Waals surface area contributed by atoms with E-state index in [9.17, 15) is 18.4 Å². The van der Waals surface area contributed by atoms with E-state index in [1.165, 1.54) is 31.2 Å². The summed E-state index contributed by atoms with van der Waals surface area (Å²) in [6.45, 7) is 1.23. The van der Waals surface area contributed by atoms with Gasteiger partial charge in [0.15, 0.2) is 0 Å². The molecule has 2 rings (SSSR count). The van der Waals surface area contributed by atoms with Crippen LogP contribution in [0.3, 0.4) is 0 Å². The second kappa shape index (κ2) is 6.53. The van der Waals surface area contributed by atoms with Gasteiger partial charge in [0.25, 0.3) is 5.91 Å². The van der Waals surface area contributed by atoms with E-state index in [0.717, 1.165) is 12.1 Å². The van der Waals surface area contributed by atoms with Crippen molar-refractivity contribution < 1.29 is 18.4 Å². The first-order chi connectivity index (χ1) is 10.4. The van der Waals surface area contributed by atoms with E-state index < -0.39 is 23.4 Å². The minimum Gasteiger partial charge on any atom is -0.324 e. The molecule has 7 heteroatoms. The van der Waals surface area contributed by atoms with Gasteiger partial charge in [-0.1, -0.05) is 11.6 Å². The van der Waals surface area contributed by atoms with E-state index in [4.69, 9.17) is 11.6 Å². The van der Waals surface area contributed by atoms with Gasteiger partial charge in [-0.3, -0.25) is 9.59 Å². The van der Waals surface area contributed by atoms with E-state index >= 15 is 0 Å². The molecule has 0 bridgehead atoms. The summed E-state index contributed by atoms with van der Waals surface area (Å²) in [4.78, 5) is 23.0. The van der Waals surface area contributed by atoms with Crippen molar-refractivity contribution >= 4 is 34.8 Å². The van der Waals surface area contributed by atoms with Crippen LogP contribution in [0.5, 0.6) is 0 Å². The predicted octanol–water partition coefficient (Wildman–Crippen LogP) is 3.83. The van der Waals surface area contributed by atoms with Crippen molar-refractivity contribution in [2.45, 2.75) is 6.92 Å². The Hall–Kier alpha value is -2.47. The Morgan fingerprint density at radius 3 is 2.36 bits per heavy atom. The van der Waals surface area contributed by atoms with Crippen molar-refractivity contribution in [2.75, 3.05) is 10.6 Å². The van der Waals surface area contributed by atoms with Crippen LogP contribution in [0.1, 0.15) is 17.3 Å². The van der Waals surface area contributed by atoms with Crippen LogP contribution in [0, 0.1) is 11.6 Å². The molecule has 0 aliphatic rings. The molecule has 0 atom stereocenters. The summed E-state index contributed by atoms with van der Waals surface area (Å²) in [6, 6.07) is 7.26. The number of halogens is 3. The summed E-state index contributed by atoms with van der Waals surface area (Å²) < 4.78 is 27.2. The lowest BCUT2D eigenvalue weighted by atomic mass is 10.2. The van der Waals surface area contributed by atoms with Crippen molar-refractivity contribution in [2.24, 2.45) is 0 Å². The molecule has 114 valence electrons. The number of rotatable bonds is 3. The molecule has 0 aliphatic carbocycles. The lowest BCUT2D eigenvalue weighted by molar-refractivity contribution is -0.114. The molecule has 2 amide bonds. The third-order valence-electron chi connectivity index (χ3n) is 2.71. The fraction of sp³-hybridized carbons (Fsp3) is 0.0667. The number of benzene rings is 2. The Balaban J connectivity index is 2.23. The van der Waals surface area contributed by atoms with E-state index in [2.05, 4.69) is 10.6 Å². The second-order valence-corrected chi connectivity index (χ2v) is 4.89. The quantitative estimate of drug-likeness (QED) is 0.901. The number of anilines is 2. The van der Waals surface area contributed by atoms with Crippen LogP contribution in [-0.4, -0.2) is 11.8 Å². The summed E-state index contributed by atoms with van der Waals surface area (Å²) >= 11 is 5.61. The van der Waals surface area contributed by atoms with Gasteiger partial charge >= 0.3 is 0 Å². The normalized spacial score (nSPS) is 10.2. The van der Waals surface area contributed by atoms with Crippen LogP contribution in [0.15, 0.2) is 36.4 Å². The van der Waals surface area contributed by atoms with Crippen molar-refractivity contribution in [3.05, 3.63) is 58.6 Å². The van der Waals surface area contributed by atoms with Gasteiger partial charge in [0.1, 0.15) is 11.6 Å². The highest BCUT2D eigenvalue weighted by Gasteiger charge is 2.13. The van der Waals surface area contributed by atoms with Gasteiger partial charge in [-0.05, 0) is 36.4 Å². The summed E-state index contributed by atoms with van der Waals surface area (Å²) in [5, 5.41) is 4.88. The maximum Gasteiger partial charge on any atom is 0.258 e. The molecule has 0 aromatic heterocycles. The highest BCUT2D eigenvalue weighted by molar-refractivity contribution is 6.30. The smallest absolute Gasteiger partial charge is 0.258 e. The lowest BCUT2D eigenvalue weighted by Gasteiger charge is -2.09.